The van der Waals surface area contributed by atoms with Crippen molar-refractivity contribution in [2.75, 3.05) is 6.61 Å². The maximum Gasteiger partial charge on any atom is 0.349 e. The van der Waals surface area contributed by atoms with Crippen molar-refractivity contribution in [1.29, 1.82) is 5.26 Å². The Morgan fingerprint density at radius 3 is 2.62 bits per heavy atom. The second-order valence-electron chi connectivity index (χ2n) is 7.13. The number of para-hydroxylation sites is 2. The van der Waals surface area contributed by atoms with Gasteiger partial charge in [-0.25, -0.2) is 9.18 Å². The zero-order valence-electron chi connectivity index (χ0n) is 17.4. The van der Waals surface area contributed by atoms with Gasteiger partial charge in [-0.15, -0.1) is 0 Å². The molecule has 0 spiro atoms. The molecule has 1 unspecified atom stereocenters. The van der Waals surface area contributed by atoms with Gasteiger partial charge in [-0.3, -0.25) is 10.1 Å². The van der Waals surface area contributed by atoms with Gasteiger partial charge in [0.15, 0.2) is 12.4 Å². The van der Waals surface area contributed by atoms with Gasteiger partial charge >= 0.3 is 11.7 Å². The van der Waals surface area contributed by atoms with E-state index in [1.165, 1.54) is 48.5 Å². The van der Waals surface area contributed by atoms with E-state index >= 15 is 0 Å². The minimum atomic E-state index is -0.819. The predicted octanol–water partition coefficient (Wildman–Crippen LogP) is 3.94. The number of allylic oxidation sites excluding steroid dienone is 1. The first-order valence-electron chi connectivity index (χ1n) is 9.92. The Bertz CT molecular complexity index is 1360. The largest absolute Gasteiger partial charge is 0.475 e. The molecule has 34 heavy (non-hydrogen) atoms. The smallest absolute Gasteiger partial charge is 0.349 e. The highest BCUT2D eigenvalue weighted by atomic mass is 19.1. The summed E-state index contributed by atoms with van der Waals surface area (Å²) in [6, 6.07) is 18.0. The fourth-order valence-corrected chi connectivity index (χ4v) is 3.56. The van der Waals surface area contributed by atoms with Crippen molar-refractivity contribution < 1.29 is 28.3 Å². The van der Waals surface area contributed by atoms with Crippen LogP contribution < -0.4 is 19.9 Å². The Labute approximate surface area is 192 Å². The number of nitro benzene ring substituents is 1. The third-order valence-electron chi connectivity index (χ3n) is 5.05. The fourth-order valence-electron chi connectivity index (χ4n) is 3.56. The van der Waals surface area contributed by atoms with Gasteiger partial charge in [-0.05, 0) is 18.2 Å². The van der Waals surface area contributed by atoms with Gasteiger partial charge < -0.3 is 19.9 Å². The number of hydrogen-bond acceptors (Lipinski definition) is 8. The highest BCUT2D eigenvalue weighted by Gasteiger charge is 2.32. The van der Waals surface area contributed by atoms with E-state index in [0.717, 1.165) is 0 Å². The van der Waals surface area contributed by atoms with E-state index in [4.69, 9.17) is 19.9 Å². The molecule has 0 radical (unpaired) electrons. The molecule has 1 atom stereocenters. The van der Waals surface area contributed by atoms with Gasteiger partial charge in [0.05, 0.1) is 10.8 Å². The summed E-state index contributed by atoms with van der Waals surface area (Å²) in [5.74, 6) is -2.13. The zero-order valence-corrected chi connectivity index (χ0v) is 17.4. The lowest BCUT2D eigenvalue weighted by Gasteiger charge is -2.27. The van der Waals surface area contributed by atoms with Crippen molar-refractivity contribution in [2.45, 2.75) is 5.92 Å². The van der Waals surface area contributed by atoms with E-state index in [2.05, 4.69) is 0 Å². The fraction of sp³-hybridized carbons (Fsp3) is 0.0833. The number of nitrogens with two attached hydrogens (primary N) is 1. The molecule has 0 amide bonds. The third kappa shape index (κ3) is 4.35. The van der Waals surface area contributed by atoms with Crippen LogP contribution in [0.2, 0.25) is 0 Å². The van der Waals surface area contributed by atoms with Gasteiger partial charge in [-0.2, -0.15) is 5.26 Å². The molecule has 0 aromatic heterocycles. The first-order chi connectivity index (χ1) is 16.4. The van der Waals surface area contributed by atoms with Crippen LogP contribution in [0.25, 0.3) is 0 Å². The molecular weight excluding hydrogens is 445 g/mol. The van der Waals surface area contributed by atoms with E-state index < -0.39 is 29.2 Å². The lowest BCUT2D eigenvalue weighted by molar-refractivity contribution is -0.385. The molecule has 3 aromatic rings. The van der Waals surface area contributed by atoms with Crippen molar-refractivity contribution in [1.82, 2.24) is 0 Å². The number of carbonyl (C=O) groups excluding carboxylic acids is 1. The number of hydrogen-bond donors (Lipinski definition) is 1. The van der Waals surface area contributed by atoms with E-state index in [0.29, 0.717) is 5.56 Å². The maximum absolute atomic E-state index is 14.5. The molecule has 0 bridgehead atoms. The number of carbonyl (C=O) groups is 1. The monoisotopic (exact) mass is 461 g/mol. The molecule has 1 aliphatic heterocycles. The Morgan fingerprint density at radius 1 is 1.15 bits per heavy atom. The number of nitriles is 1. The summed E-state index contributed by atoms with van der Waals surface area (Å²) in [5, 5.41) is 20.6. The summed E-state index contributed by atoms with van der Waals surface area (Å²) in [6.45, 7) is -0.582. The number of benzene rings is 3. The van der Waals surface area contributed by atoms with E-state index in [1.807, 2.05) is 6.07 Å². The molecule has 2 N–H and O–H groups in total. The lowest BCUT2D eigenvalue weighted by atomic mass is 9.83. The summed E-state index contributed by atoms with van der Waals surface area (Å²) in [4.78, 5) is 22.7. The van der Waals surface area contributed by atoms with E-state index in [1.54, 1.807) is 18.2 Å². The molecule has 4 rings (SSSR count). The molecule has 10 heteroatoms. The van der Waals surface area contributed by atoms with Crippen LogP contribution in [0.4, 0.5) is 10.1 Å². The highest BCUT2D eigenvalue weighted by molar-refractivity contribution is 5.74. The van der Waals surface area contributed by atoms with Crippen LogP contribution in [0.5, 0.6) is 17.2 Å². The summed E-state index contributed by atoms with van der Waals surface area (Å²) in [7, 11) is 0. The molecule has 170 valence electrons. The first kappa shape index (κ1) is 22.3. The van der Waals surface area contributed by atoms with Gasteiger partial charge in [0.1, 0.15) is 29.0 Å². The van der Waals surface area contributed by atoms with Gasteiger partial charge in [-0.1, -0.05) is 36.4 Å². The number of rotatable bonds is 6. The summed E-state index contributed by atoms with van der Waals surface area (Å²) >= 11 is 0. The van der Waals surface area contributed by atoms with Crippen molar-refractivity contribution in [3.8, 4) is 23.3 Å². The number of esters is 1. The predicted molar refractivity (Wildman–Crippen MR) is 116 cm³/mol. The number of halogens is 1. The molecule has 0 saturated carbocycles. The molecule has 0 saturated heterocycles. The first-order valence-corrected chi connectivity index (χ1v) is 9.92. The average Bonchev–Trinajstić information content (AvgIpc) is 2.82. The molecule has 0 aliphatic carbocycles. The van der Waals surface area contributed by atoms with Crippen molar-refractivity contribution in [2.24, 2.45) is 5.73 Å². The second kappa shape index (κ2) is 9.30. The van der Waals surface area contributed by atoms with Crippen LogP contribution in [0.15, 0.2) is 78.2 Å². The number of fused-ring (bicyclic) bond motifs is 1. The Hall–Kier alpha value is -4.91. The normalized spacial score (nSPS) is 14.4. The lowest BCUT2D eigenvalue weighted by Crippen LogP contribution is -2.22. The van der Waals surface area contributed by atoms with E-state index in [-0.39, 0.29) is 40.0 Å². The van der Waals surface area contributed by atoms with Crippen LogP contribution >= 0.6 is 0 Å². The van der Waals surface area contributed by atoms with Crippen LogP contribution in [0.3, 0.4) is 0 Å². The Balaban J connectivity index is 1.55. The van der Waals surface area contributed by atoms with Crippen molar-refractivity contribution in [3.63, 3.8) is 0 Å². The zero-order chi connectivity index (χ0) is 24.2. The Morgan fingerprint density at radius 2 is 1.88 bits per heavy atom. The van der Waals surface area contributed by atoms with Gasteiger partial charge in [0, 0.05) is 23.3 Å². The average molecular weight is 461 g/mol. The highest BCUT2D eigenvalue weighted by Crippen LogP contribution is 2.44. The SMILES string of the molecule is N#CC1=C(N)Oc2cc(OC(=O)COc3ccccc3[N+](=O)[O-])ccc2C1c1ccccc1F. The van der Waals surface area contributed by atoms with Gasteiger partial charge in [0.2, 0.25) is 5.88 Å². The van der Waals surface area contributed by atoms with E-state index in [9.17, 15) is 24.6 Å². The standard InChI is InChI=1S/C24H16FN3O6/c25-18-6-2-1-5-15(18)23-16-10-9-14(11-21(16)34-24(27)17(23)12-26)33-22(29)13-32-20-8-4-3-7-19(20)28(30)31/h1-11,23H,13,27H2. The number of nitro groups is 1. The molecular formula is C24H16FN3O6. The van der Waals surface area contributed by atoms with Crippen LogP contribution in [-0.4, -0.2) is 17.5 Å². The second-order valence-corrected chi connectivity index (χ2v) is 7.13. The third-order valence-corrected chi connectivity index (χ3v) is 5.05. The topological polar surface area (TPSA) is 138 Å². The Kier molecular flexibility index (Phi) is 6.09. The molecule has 0 fully saturated rings. The summed E-state index contributed by atoms with van der Waals surface area (Å²) in [5.41, 5.74) is 6.39. The minimum absolute atomic E-state index is 0.0557. The number of nitrogens with zero attached hydrogens (tertiary/aromatic N) is 2. The molecule has 9 nitrogen and oxygen atoms in total. The summed E-state index contributed by atoms with van der Waals surface area (Å²) < 4.78 is 30.5. The van der Waals surface area contributed by atoms with Crippen molar-refractivity contribution in [3.05, 3.63) is 105 Å². The summed E-state index contributed by atoms with van der Waals surface area (Å²) in [6.07, 6.45) is 0. The molecule has 1 heterocycles. The quantitative estimate of drug-likeness (QED) is 0.252. The maximum atomic E-state index is 14.5. The van der Waals surface area contributed by atoms with Crippen LogP contribution in [0, 0.1) is 27.3 Å². The van der Waals surface area contributed by atoms with Gasteiger partial charge in [0.25, 0.3) is 0 Å². The van der Waals surface area contributed by atoms with Crippen LogP contribution in [-0.2, 0) is 4.79 Å². The minimum Gasteiger partial charge on any atom is -0.475 e. The van der Waals surface area contributed by atoms with Crippen molar-refractivity contribution >= 4 is 11.7 Å². The molecule has 3 aromatic carbocycles. The van der Waals surface area contributed by atoms with Crippen LogP contribution in [0.1, 0.15) is 17.0 Å². The number of ether oxygens (including phenoxy) is 3. The molecule has 1 aliphatic rings.